The molecule has 1 heterocycles. The van der Waals surface area contributed by atoms with Crippen LogP contribution >= 0.6 is 11.8 Å². The molecule has 0 atom stereocenters. The first kappa shape index (κ1) is 11.7. The highest BCUT2D eigenvalue weighted by Crippen LogP contribution is 2.12. The number of nitrogens with one attached hydrogen (secondary N) is 1. The van der Waals surface area contributed by atoms with Crippen molar-refractivity contribution in [1.29, 1.82) is 0 Å². The summed E-state index contributed by atoms with van der Waals surface area (Å²) in [6, 6.07) is 9.61. The van der Waals surface area contributed by atoms with Gasteiger partial charge >= 0.3 is 5.97 Å². The molecule has 0 bridgehead atoms. The number of H-pyrrole nitrogens is 1. The maximum Gasteiger partial charge on any atom is 0.316 e. The summed E-state index contributed by atoms with van der Waals surface area (Å²) in [6.45, 7) is 0.318. The van der Waals surface area contributed by atoms with Crippen molar-refractivity contribution in [1.82, 2.24) is 9.97 Å². The third kappa shape index (κ3) is 3.96. The van der Waals surface area contributed by atoms with Crippen molar-refractivity contribution in [3.05, 3.63) is 48.3 Å². The van der Waals surface area contributed by atoms with Gasteiger partial charge in [-0.05, 0) is 5.56 Å². The Labute approximate surface area is 103 Å². The van der Waals surface area contributed by atoms with Crippen LogP contribution in [0.4, 0.5) is 0 Å². The van der Waals surface area contributed by atoms with Crippen LogP contribution in [0.1, 0.15) is 5.56 Å². The summed E-state index contributed by atoms with van der Waals surface area (Å²) in [7, 11) is 0. The second-order valence-electron chi connectivity index (χ2n) is 3.33. The number of aromatic nitrogens is 2. The number of ether oxygens (including phenoxy) is 1. The normalized spacial score (nSPS) is 10.1. The van der Waals surface area contributed by atoms with Crippen LogP contribution < -0.4 is 0 Å². The van der Waals surface area contributed by atoms with Crippen LogP contribution in [0.5, 0.6) is 0 Å². The van der Waals surface area contributed by atoms with Crippen molar-refractivity contribution in [2.24, 2.45) is 0 Å². The summed E-state index contributed by atoms with van der Waals surface area (Å²) < 4.78 is 5.12. The molecular formula is C12H12N2O2S. The highest BCUT2D eigenvalue weighted by Gasteiger charge is 2.05. The van der Waals surface area contributed by atoms with Gasteiger partial charge in [-0.25, -0.2) is 4.98 Å². The van der Waals surface area contributed by atoms with Crippen molar-refractivity contribution < 1.29 is 9.53 Å². The minimum absolute atomic E-state index is 0.241. The molecule has 0 spiro atoms. The number of carbonyl (C=O) groups excluding carboxylic acids is 1. The molecule has 17 heavy (non-hydrogen) atoms. The lowest BCUT2D eigenvalue weighted by molar-refractivity contribution is -0.141. The second-order valence-corrected chi connectivity index (χ2v) is 4.29. The molecule has 0 saturated heterocycles. The molecule has 2 rings (SSSR count). The van der Waals surface area contributed by atoms with E-state index in [-0.39, 0.29) is 11.7 Å². The fourth-order valence-electron chi connectivity index (χ4n) is 1.24. The summed E-state index contributed by atoms with van der Waals surface area (Å²) in [5.41, 5.74) is 0.990. The second kappa shape index (κ2) is 6.10. The van der Waals surface area contributed by atoms with Crippen molar-refractivity contribution in [3.63, 3.8) is 0 Å². The Hall–Kier alpha value is -1.75. The van der Waals surface area contributed by atoms with Crippen molar-refractivity contribution in [2.45, 2.75) is 11.8 Å². The van der Waals surface area contributed by atoms with Gasteiger partial charge in [-0.2, -0.15) is 0 Å². The van der Waals surface area contributed by atoms with E-state index in [2.05, 4.69) is 9.97 Å². The molecule has 2 aromatic rings. The van der Waals surface area contributed by atoms with Crippen LogP contribution in [0, 0.1) is 0 Å². The molecule has 0 radical (unpaired) electrons. The van der Waals surface area contributed by atoms with Gasteiger partial charge in [0.1, 0.15) is 6.61 Å². The van der Waals surface area contributed by atoms with Gasteiger partial charge in [-0.1, -0.05) is 42.1 Å². The largest absolute Gasteiger partial charge is 0.460 e. The Morgan fingerprint density at radius 2 is 2.18 bits per heavy atom. The predicted molar refractivity (Wildman–Crippen MR) is 65.5 cm³/mol. The highest BCUT2D eigenvalue weighted by atomic mass is 32.2. The fourth-order valence-corrected chi connectivity index (χ4v) is 1.86. The molecule has 1 aromatic carbocycles. The topological polar surface area (TPSA) is 55.0 Å². The lowest BCUT2D eigenvalue weighted by Crippen LogP contribution is -2.07. The number of rotatable bonds is 5. The third-order valence-corrected chi connectivity index (χ3v) is 2.92. The Bertz CT molecular complexity index is 457. The smallest absolute Gasteiger partial charge is 0.316 e. The predicted octanol–water partition coefficient (Wildman–Crippen LogP) is 2.25. The first-order chi connectivity index (χ1) is 8.34. The van der Waals surface area contributed by atoms with Crippen LogP contribution in [0.15, 0.2) is 47.9 Å². The van der Waals surface area contributed by atoms with Crippen LogP contribution in [0.25, 0.3) is 0 Å². The minimum Gasteiger partial charge on any atom is -0.460 e. The van der Waals surface area contributed by atoms with Gasteiger partial charge in [-0.15, -0.1) is 0 Å². The number of imidazole rings is 1. The van der Waals surface area contributed by atoms with Gasteiger partial charge in [0.05, 0.1) is 5.75 Å². The summed E-state index contributed by atoms with van der Waals surface area (Å²) in [5.74, 6) is 0.0237. The summed E-state index contributed by atoms with van der Waals surface area (Å²) >= 11 is 1.33. The van der Waals surface area contributed by atoms with E-state index in [1.165, 1.54) is 11.8 Å². The van der Waals surface area contributed by atoms with E-state index in [1.54, 1.807) is 12.4 Å². The van der Waals surface area contributed by atoms with E-state index >= 15 is 0 Å². The van der Waals surface area contributed by atoms with Crippen molar-refractivity contribution in [3.8, 4) is 0 Å². The van der Waals surface area contributed by atoms with Gasteiger partial charge in [0.25, 0.3) is 0 Å². The molecule has 0 unspecified atom stereocenters. The van der Waals surface area contributed by atoms with E-state index in [0.29, 0.717) is 6.61 Å². The number of esters is 1. The fraction of sp³-hybridized carbons (Fsp3) is 0.167. The molecule has 88 valence electrons. The Kier molecular flexibility index (Phi) is 4.21. The van der Waals surface area contributed by atoms with E-state index in [1.807, 2.05) is 30.3 Å². The number of benzene rings is 1. The lowest BCUT2D eigenvalue weighted by Gasteiger charge is -2.03. The number of hydrogen-bond acceptors (Lipinski definition) is 4. The van der Waals surface area contributed by atoms with Crippen LogP contribution in [-0.2, 0) is 16.1 Å². The Balaban J connectivity index is 1.71. The number of carbonyl (C=O) groups is 1. The monoisotopic (exact) mass is 248 g/mol. The van der Waals surface area contributed by atoms with E-state index in [9.17, 15) is 4.79 Å². The summed E-state index contributed by atoms with van der Waals surface area (Å²) in [6.07, 6.45) is 3.37. The van der Waals surface area contributed by atoms with Crippen molar-refractivity contribution in [2.75, 3.05) is 5.75 Å². The number of hydrogen-bond donors (Lipinski definition) is 1. The molecule has 1 aromatic heterocycles. The molecular weight excluding hydrogens is 236 g/mol. The molecule has 4 nitrogen and oxygen atoms in total. The maximum absolute atomic E-state index is 11.4. The van der Waals surface area contributed by atoms with Crippen LogP contribution in [0.2, 0.25) is 0 Å². The first-order valence-electron chi connectivity index (χ1n) is 5.16. The molecule has 0 saturated carbocycles. The summed E-state index contributed by atoms with van der Waals surface area (Å²) in [5, 5.41) is 0.724. The number of aromatic amines is 1. The zero-order valence-corrected chi connectivity index (χ0v) is 9.94. The average molecular weight is 248 g/mol. The standard InChI is InChI=1S/C12H12N2O2S/c15-11(9-17-12-13-6-7-14-12)16-8-10-4-2-1-3-5-10/h1-7H,8-9H2,(H,13,14). The Morgan fingerprint density at radius 3 is 2.88 bits per heavy atom. The van der Waals surface area contributed by atoms with E-state index in [4.69, 9.17) is 4.74 Å². The Morgan fingerprint density at radius 1 is 1.35 bits per heavy atom. The lowest BCUT2D eigenvalue weighted by atomic mass is 10.2. The zero-order chi connectivity index (χ0) is 11.9. The SMILES string of the molecule is O=C(CSc1ncc[nH]1)OCc1ccccc1. The average Bonchev–Trinajstić information content (AvgIpc) is 2.88. The number of thioether (sulfide) groups is 1. The molecule has 5 heteroatoms. The molecule has 0 amide bonds. The highest BCUT2D eigenvalue weighted by molar-refractivity contribution is 7.99. The van der Waals surface area contributed by atoms with Gasteiger partial charge in [-0.3, -0.25) is 4.79 Å². The van der Waals surface area contributed by atoms with Gasteiger partial charge in [0.15, 0.2) is 5.16 Å². The van der Waals surface area contributed by atoms with Crippen molar-refractivity contribution >= 4 is 17.7 Å². The molecule has 0 aliphatic heterocycles. The molecule has 0 aliphatic carbocycles. The minimum atomic E-state index is -0.241. The van der Waals surface area contributed by atoms with Crippen LogP contribution in [0.3, 0.4) is 0 Å². The molecule has 1 N–H and O–H groups in total. The zero-order valence-electron chi connectivity index (χ0n) is 9.13. The van der Waals surface area contributed by atoms with E-state index in [0.717, 1.165) is 10.7 Å². The third-order valence-electron chi connectivity index (χ3n) is 2.04. The maximum atomic E-state index is 11.4. The molecule has 0 fully saturated rings. The van der Waals surface area contributed by atoms with Gasteiger partial charge < -0.3 is 9.72 Å². The summed E-state index contributed by atoms with van der Waals surface area (Å²) in [4.78, 5) is 18.3. The number of nitrogens with zero attached hydrogens (tertiary/aromatic N) is 1. The van der Waals surface area contributed by atoms with Crippen LogP contribution in [-0.4, -0.2) is 21.7 Å². The quantitative estimate of drug-likeness (QED) is 0.651. The molecule has 0 aliphatic rings. The van der Waals surface area contributed by atoms with Gasteiger partial charge in [0, 0.05) is 12.4 Å². The van der Waals surface area contributed by atoms with E-state index < -0.39 is 0 Å². The first-order valence-corrected chi connectivity index (χ1v) is 6.15. The van der Waals surface area contributed by atoms with Gasteiger partial charge in [0.2, 0.25) is 0 Å².